The highest BCUT2D eigenvalue weighted by atomic mass is 16.5. The lowest BCUT2D eigenvalue weighted by molar-refractivity contribution is -0.142. The normalized spacial score (nSPS) is 10.6. The maximum Gasteiger partial charge on any atom is 0.319 e. The highest BCUT2D eigenvalue weighted by molar-refractivity contribution is 5.79. The van der Waals surface area contributed by atoms with Gasteiger partial charge < -0.3 is 10.1 Å². The van der Waals surface area contributed by atoms with E-state index in [1.165, 1.54) is 7.11 Å². The minimum Gasteiger partial charge on any atom is -0.468 e. The summed E-state index contributed by atoms with van der Waals surface area (Å²) in [4.78, 5) is 24.3. The summed E-state index contributed by atoms with van der Waals surface area (Å²) in [5, 5.41) is 2.81. The van der Waals surface area contributed by atoms with Crippen LogP contribution in [0.25, 0.3) is 0 Å². The first-order valence-corrected chi connectivity index (χ1v) is 5.55. The largest absolute Gasteiger partial charge is 0.468 e. The minimum absolute atomic E-state index is 0.0561. The Labute approximate surface area is 97.1 Å². The molecule has 94 valence electrons. The zero-order valence-electron chi connectivity index (χ0n) is 10.6. The van der Waals surface area contributed by atoms with Crippen LogP contribution in [0.1, 0.15) is 20.8 Å². The summed E-state index contributed by atoms with van der Waals surface area (Å²) in [6, 6.07) is 0. The van der Waals surface area contributed by atoms with Gasteiger partial charge in [-0.2, -0.15) is 0 Å². The summed E-state index contributed by atoms with van der Waals surface area (Å²) in [7, 11) is 1.34. The predicted octanol–water partition coefficient (Wildman–Crippen LogP) is 0.254. The van der Waals surface area contributed by atoms with Crippen molar-refractivity contribution in [3.63, 3.8) is 0 Å². The predicted molar refractivity (Wildman–Crippen MR) is 62.0 cm³/mol. The molecule has 0 unspecified atom stereocenters. The number of likely N-dealkylation sites (N-methyl/N-ethyl adjacent to an activating group) is 1. The van der Waals surface area contributed by atoms with Crippen molar-refractivity contribution in [2.24, 2.45) is 5.92 Å². The Hall–Kier alpha value is -1.10. The molecule has 0 bridgehead atoms. The van der Waals surface area contributed by atoms with Gasteiger partial charge in [-0.05, 0) is 12.5 Å². The van der Waals surface area contributed by atoms with E-state index in [0.29, 0.717) is 19.0 Å². The molecule has 0 spiro atoms. The van der Waals surface area contributed by atoms with Crippen molar-refractivity contribution < 1.29 is 14.3 Å². The molecule has 0 aromatic carbocycles. The summed E-state index contributed by atoms with van der Waals surface area (Å²) >= 11 is 0. The molecule has 0 radical (unpaired) electrons. The highest BCUT2D eigenvalue weighted by Crippen LogP contribution is 1.91. The first-order chi connectivity index (χ1) is 7.49. The van der Waals surface area contributed by atoms with Gasteiger partial charge in [0.05, 0.1) is 20.2 Å². The van der Waals surface area contributed by atoms with Gasteiger partial charge in [-0.3, -0.25) is 14.5 Å². The molecule has 0 rings (SSSR count). The van der Waals surface area contributed by atoms with Crippen LogP contribution in [0.5, 0.6) is 0 Å². The van der Waals surface area contributed by atoms with Gasteiger partial charge >= 0.3 is 5.97 Å². The van der Waals surface area contributed by atoms with E-state index in [1.807, 2.05) is 20.8 Å². The van der Waals surface area contributed by atoms with Crippen molar-refractivity contribution >= 4 is 11.9 Å². The maximum absolute atomic E-state index is 11.5. The Kier molecular flexibility index (Phi) is 7.54. The minimum atomic E-state index is -0.321. The molecule has 0 aromatic heterocycles. The number of esters is 1. The van der Waals surface area contributed by atoms with Crippen LogP contribution in [0.2, 0.25) is 0 Å². The molecule has 1 amide bonds. The van der Waals surface area contributed by atoms with Crippen molar-refractivity contribution in [2.75, 3.05) is 33.3 Å². The van der Waals surface area contributed by atoms with Crippen LogP contribution in [0.3, 0.4) is 0 Å². The Bertz CT molecular complexity index is 229. The lowest BCUT2D eigenvalue weighted by atomic mass is 10.2. The molecule has 0 saturated carbocycles. The third kappa shape index (κ3) is 7.23. The van der Waals surface area contributed by atoms with E-state index in [4.69, 9.17) is 0 Å². The molecule has 0 heterocycles. The molecule has 0 fully saturated rings. The first-order valence-electron chi connectivity index (χ1n) is 5.55. The number of nitrogens with one attached hydrogen (secondary N) is 1. The van der Waals surface area contributed by atoms with E-state index in [9.17, 15) is 9.59 Å². The van der Waals surface area contributed by atoms with Gasteiger partial charge in [-0.25, -0.2) is 0 Å². The smallest absolute Gasteiger partial charge is 0.319 e. The van der Waals surface area contributed by atoms with Crippen molar-refractivity contribution in [1.29, 1.82) is 0 Å². The number of nitrogens with zero attached hydrogens (tertiary/aromatic N) is 1. The molecule has 0 aromatic rings. The summed E-state index contributed by atoms with van der Waals surface area (Å²) in [5.74, 6) is 0.0533. The van der Waals surface area contributed by atoms with E-state index < -0.39 is 0 Å². The Morgan fingerprint density at radius 2 is 1.94 bits per heavy atom. The number of hydrogen-bond acceptors (Lipinski definition) is 4. The summed E-state index contributed by atoms with van der Waals surface area (Å²) in [6.45, 7) is 7.66. The Morgan fingerprint density at radius 3 is 2.38 bits per heavy atom. The van der Waals surface area contributed by atoms with Gasteiger partial charge in [-0.15, -0.1) is 0 Å². The maximum atomic E-state index is 11.5. The molecule has 0 saturated heterocycles. The zero-order chi connectivity index (χ0) is 12.6. The van der Waals surface area contributed by atoms with Gasteiger partial charge in [0.25, 0.3) is 0 Å². The van der Waals surface area contributed by atoms with E-state index in [-0.39, 0.29) is 25.0 Å². The molecular weight excluding hydrogens is 208 g/mol. The first kappa shape index (κ1) is 14.9. The second-order valence-electron chi connectivity index (χ2n) is 4.08. The lowest BCUT2D eigenvalue weighted by Gasteiger charge is -2.18. The molecule has 0 aliphatic rings. The standard InChI is InChI=1S/C11H22N2O3/c1-5-13(8-11(15)16-4)7-10(14)12-6-9(2)3/h9H,5-8H2,1-4H3,(H,12,14). The van der Waals surface area contributed by atoms with Gasteiger partial charge in [0, 0.05) is 6.54 Å². The van der Waals surface area contributed by atoms with E-state index in [2.05, 4.69) is 10.1 Å². The number of ether oxygens (including phenoxy) is 1. The summed E-state index contributed by atoms with van der Waals surface area (Å²) in [6.07, 6.45) is 0. The van der Waals surface area contributed by atoms with Crippen LogP contribution in [-0.4, -0.2) is 50.1 Å². The molecule has 5 heteroatoms. The Morgan fingerprint density at radius 1 is 1.31 bits per heavy atom. The molecule has 16 heavy (non-hydrogen) atoms. The highest BCUT2D eigenvalue weighted by Gasteiger charge is 2.12. The van der Waals surface area contributed by atoms with Crippen LogP contribution in [0.15, 0.2) is 0 Å². The average Bonchev–Trinajstić information content (AvgIpc) is 2.25. The zero-order valence-corrected chi connectivity index (χ0v) is 10.6. The van der Waals surface area contributed by atoms with Gasteiger partial charge in [-0.1, -0.05) is 20.8 Å². The summed E-state index contributed by atoms with van der Waals surface area (Å²) < 4.78 is 4.55. The SMILES string of the molecule is CCN(CC(=O)NCC(C)C)CC(=O)OC. The van der Waals surface area contributed by atoms with Gasteiger partial charge in [0.2, 0.25) is 5.91 Å². The van der Waals surface area contributed by atoms with Crippen molar-refractivity contribution in [3.8, 4) is 0 Å². The molecule has 1 N–H and O–H groups in total. The lowest BCUT2D eigenvalue weighted by Crippen LogP contribution is -2.40. The van der Waals surface area contributed by atoms with E-state index >= 15 is 0 Å². The second-order valence-corrected chi connectivity index (χ2v) is 4.08. The second kappa shape index (κ2) is 8.10. The number of rotatable bonds is 7. The number of methoxy groups -OCH3 is 1. The monoisotopic (exact) mass is 230 g/mol. The van der Waals surface area contributed by atoms with Crippen LogP contribution in [0.4, 0.5) is 0 Å². The molecular formula is C11H22N2O3. The number of amides is 1. The molecule has 0 aliphatic heterocycles. The van der Waals surface area contributed by atoms with E-state index in [1.54, 1.807) is 4.90 Å². The third-order valence-corrected chi connectivity index (χ3v) is 2.10. The van der Waals surface area contributed by atoms with Gasteiger partial charge in [0.1, 0.15) is 0 Å². The molecule has 0 atom stereocenters. The van der Waals surface area contributed by atoms with E-state index in [0.717, 1.165) is 0 Å². The molecule has 0 aliphatic carbocycles. The number of carbonyl (C=O) groups is 2. The van der Waals surface area contributed by atoms with Crippen LogP contribution in [-0.2, 0) is 14.3 Å². The van der Waals surface area contributed by atoms with Crippen molar-refractivity contribution in [2.45, 2.75) is 20.8 Å². The number of carbonyl (C=O) groups excluding carboxylic acids is 2. The van der Waals surface area contributed by atoms with Crippen molar-refractivity contribution in [3.05, 3.63) is 0 Å². The number of hydrogen-bond donors (Lipinski definition) is 1. The topological polar surface area (TPSA) is 58.6 Å². The molecule has 5 nitrogen and oxygen atoms in total. The van der Waals surface area contributed by atoms with Crippen LogP contribution in [0, 0.1) is 5.92 Å². The van der Waals surface area contributed by atoms with Gasteiger partial charge in [0.15, 0.2) is 0 Å². The third-order valence-electron chi connectivity index (χ3n) is 2.10. The average molecular weight is 230 g/mol. The fourth-order valence-electron chi connectivity index (χ4n) is 1.10. The van der Waals surface area contributed by atoms with Crippen LogP contribution < -0.4 is 5.32 Å². The Balaban J connectivity index is 3.92. The van der Waals surface area contributed by atoms with Crippen molar-refractivity contribution in [1.82, 2.24) is 10.2 Å². The fourth-order valence-corrected chi connectivity index (χ4v) is 1.10. The van der Waals surface area contributed by atoms with Crippen LogP contribution >= 0.6 is 0 Å². The quantitative estimate of drug-likeness (QED) is 0.637. The summed E-state index contributed by atoms with van der Waals surface area (Å²) in [5.41, 5.74) is 0. The fraction of sp³-hybridized carbons (Fsp3) is 0.818.